The number of hydrogen-bond donors (Lipinski definition) is 1. The van der Waals surface area contributed by atoms with Crippen molar-refractivity contribution in [3.05, 3.63) is 17.5 Å². The first-order valence-corrected chi connectivity index (χ1v) is 7.51. The van der Waals surface area contributed by atoms with Crippen LogP contribution in [0.25, 0.3) is 0 Å². The zero-order valence-electron chi connectivity index (χ0n) is 12.1. The minimum Gasteiger partial charge on any atom is -0.390 e. The highest BCUT2D eigenvalue weighted by Gasteiger charge is 2.42. The summed E-state index contributed by atoms with van der Waals surface area (Å²) in [6, 6.07) is 2.17. The van der Waals surface area contributed by atoms with Crippen LogP contribution in [0.1, 0.15) is 43.5 Å². The number of aryl methyl sites for hydroxylation is 2. The normalized spacial score (nSPS) is 32.3. The van der Waals surface area contributed by atoms with Crippen molar-refractivity contribution in [2.24, 2.45) is 13.0 Å². The molecule has 1 aliphatic heterocycles. The topological polar surface area (TPSA) is 41.3 Å². The Balaban J connectivity index is 1.66. The minimum absolute atomic E-state index is 0.364. The zero-order chi connectivity index (χ0) is 13.5. The van der Waals surface area contributed by atoms with E-state index in [9.17, 15) is 5.11 Å². The van der Waals surface area contributed by atoms with Gasteiger partial charge >= 0.3 is 0 Å². The van der Waals surface area contributed by atoms with Crippen molar-refractivity contribution < 1.29 is 5.11 Å². The summed E-state index contributed by atoms with van der Waals surface area (Å²) >= 11 is 0. The SMILES string of the molecule is Cc1cc(CN2CCC3(O)CCCCC3C2)n(C)n1. The van der Waals surface area contributed by atoms with E-state index in [-0.39, 0.29) is 5.60 Å². The lowest BCUT2D eigenvalue weighted by atomic mass is 9.71. The quantitative estimate of drug-likeness (QED) is 0.885. The third kappa shape index (κ3) is 2.56. The Kier molecular flexibility index (Phi) is 3.39. The molecule has 1 aromatic heterocycles. The fourth-order valence-electron chi connectivity index (χ4n) is 3.82. The van der Waals surface area contributed by atoms with Gasteiger partial charge in [0.15, 0.2) is 0 Å². The average Bonchev–Trinajstić information content (AvgIpc) is 2.68. The molecule has 2 aliphatic rings. The van der Waals surface area contributed by atoms with Crippen molar-refractivity contribution in [2.75, 3.05) is 13.1 Å². The molecule has 0 bridgehead atoms. The first kappa shape index (κ1) is 13.1. The van der Waals surface area contributed by atoms with Gasteiger partial charge in [-0.25, -0.2) is 0 Å². The van der Waals surface area contributed by atoms with Crippen LogP contribution in [-0.4, -0.2) is 38.5 Å². The zero-order valence-corrected chi connectivity index (χ0v) is 12.1. The number of aromatic nitrogens is 2. The maximum absolute atomic E-state index is 10.7. The smallest absolute Gasteiger partial charge is 0.0700 e. The Hall–Kier alpha value is -0.870. The molecule has 1 aromatic rings. The highest BCUT2D eigenvalue weighted by atomic mass is 16.3. The van der Waals surface area contributed by atoms with Crippen molar-refractivity contribution in [3.63, 3.8) is 0 Å². The van der Waals surface area contributed by atoms with Crippen molar-refractivity contribution in [1.82, 2.24) is 14.7 Å². The summed E-state index contributed by atoms with van der Waals surface area (Å²) in [7, 11) is 2.02. The molecule has 0 aromatic carbocycles. The van der Waals surface area contributed by atoms with Crippen LogP contribution in [0.3, 0.4) is 0 Å². The first-order chi connectivity index (χ1) is 9.07. The van der Waals surface area contributed by atoms with E-state index in [1.807, 2.05) is 18.7 Å². The Morgan fingerprint density at radius 2 is 2.26 bits per heavy atom. The van der Waals surface area contributed by atoms with Gasteiger partial charge in [-0.15, -0.1) is 0 Å². The number of aliphatic hydroxyl groups is 1. The average molecular weight is 263 g/mol. The van der Waals surface area contributed by atoms with Crippen molar-refractivity contribution in [3.8, 4) is 0 Å². The van der Waals surface area contributed by atoms with Crippen LogP contribution in [0, 0.1) is 12.8 Å². The molecule has 2 heterocycles. The molecule has 3 rings (SSSR count). The van der Waals surface area contributed by atoms with Gasteiger partial charge in [-0.05, 0) is 32.3 Å². The number of piperidine rings is 1. The van der Waals surface area contributed by atoms with E-state index in [4.69, 9.17) is 0 Å². The molecule has 1 aliphatic carbocycles. The van der Waals surface area contributed by atoms with Gasteiger partial charge in [0.05, 0.1) is 17.0 Å². The fraction of sp³-hybridized carbons (Fsp3) is 0.800. The number of rotatable bonds is 2. The molecule has 1 saturated heterocycles. The van der Waals surface area contributed by atoms with Gasteiger partial charge in [0.2, 0.25) is 0 Å². The summed E-state index contributed by atoms with van der Waals surface area (Å²) in [5, 5.41) is 15.1. The molecule has 1 saturated carbocycles. The maximum Gasteiger partial charge on any atom is 0.0700 e. The van der Waals surface area contributed by atoms with Gasteiger partial charge in [-0.1, -0.05) is 12.8 Å². The number of likely N-dealkylation sites (tertiary alicyclic amines) is 1. The molecule has 0 amide bonds. The second-order valence-corrected chi connectivity index (χ2v) is 6.43. The van der Waals surface area contributed by atoms with Gasteiger partial charge in [0.1, 0.15) is 0 Å². The van der Waals surface area contributed by atoms with E-state index < -0.39 is 0 Å². The molecular formula is C15H25N3O. The van der Waals surface area contributed by atoms with Crippen molar-refractivity contribution in [1.29, 1.82) is 0 Å². The van der Waals surface area contributed by atoms with Gasteiger partial charge in [0, 0.05) is 32.6 Å². The molecule has 19 heavy (non-hydrogen) atoms. The molecule has 2 atom stereocenters. The maximum atomic E-state index is 10.7. The Morgan fingerprint density at radius 1 is 1.42 bits per heavy atom. The van der Waals surface area contributed by atoms with E-state index in [2.05, 4.69) is 16.1 Å². The molecule has 4 heteroatoms. The lowest BCUT2D eigenvalue weighted by molar-refractivity contribution is -0.0970. The Morgan fingerprint density at radius 3 is 3.00 bits per heavy atom. The largest absolute Gasteiger partial charge is 0.390 e. The molecule has 1 N–H and O–H groups in total. The highest BCUT2D eigenvalue weighted by Crippen LogP contribution is 2.39. The molecule has 106 valence electrons. The van der Waals surface area contributed by atoms with E-state index in [1.54, 1.807) is 0 Å². The van der Waals surface area contributed by atoms with Gasteiger partial charge in [0.25, 0.3) is 0 Å². The van der Waals surface area contributed by atoms with Crippen LogP contribution in [0.2, 0.25) is 0 Å². The minimum atomic E-state index is -0.364. The third-order valence-electron chi connectivity index (χ3n) is 5.00. The van der Waals surface area contributed by atoms with E-state index >= 15 is 0 Å². The molecule has 4 nitrogen and oxygen atoms in total. The molecule has 2 fully saturated rings. The molecule has 2 unspecified atom stereocenters. The van der Waals surface area contributed by atoms with Crippen LogP contribution < -0.4 is 0 Å². The van der Waals surface area contributed by atoms with Crippen LogP contribution in [-0.2, 0) is 13.6 Å². The van der Waals surface area contributed by atoms with Crippen LogP contribution in [0.4, 0.5) is 0 Å². The Labute approximate surface area is 115 Å². The molecule has 0 spiro atoms. The summed E-state index contributed by atoms with van der Waals surface area (Å²) in [5.74, 6) is 0.476. The van der Waals surface area contributed by atoms with Crippen LogP contribution in [0.15, 0.2) is 6.07 Å². The highest BCUT2D eigenvalue weighted by molar-refractivity contribution is 5.09. The van der Waals surface area contributed by atoms with E-state index in [1.165, 1.54) is 25.0 Å². The Bertz CT molecular complexity index is 456. The summed E-state index contributed by atoms with van der Waals surface area (Å²) in [6.45, 7) is 5.06. The number of hydrogen-bond acceptors (Lipinski definition) is 3. The fourth-order valence-corrected chi connectivity index (χ4v) is 3.82. The number of nitrogens with zero attached hydrogens (tertiary/aromatic N) is 3. The standard InChI is InChI=1S/C15H25N3O/c1-12-9-14(17(2)16-12)11-18-8-7-15(19)6-4-3-5-13(15)10-18/h9,13,19H,3-8,10-11H2,1-2H3. The van der Waals surface area contributed by atoms with Gasteiger partial charge < -0.3 is 5.11 Å². The monoisotopic (exact) mass is 263 g/mol. The van der Waals surface area contributed by atoms with Crippen LogP contribution in [0.5, 0.6) is 0 Å². The van der Waals surface area contributed by atoms with Gasteiger partial charge in [-0.3, -0.25) is 9.58 Å². The lowest BCUT2D eigenvalue weighted by Gasteiger charge is -2.47. The van der Waals surface area contributed by atoms with Gasteiger partial charge in [-0.2, -0.15) is 5.10 Å². The number of fused-ring (bicyclic) bond motifs is 1. The first-order valence-electron chi connectivity index (χ1n) is 7.51. The summed E-state index contributed by atoms with van der Waals surface area (Å²) in [4.78, 5) is 2.49. The lowest BCUT2D eigenvalue weighted by Crippen LogP contribution is -2.53. The second-order valence-electron chi connectivity index (χ2n) is 6.43. The molecule has 0 radical (unpaired) electrons. The van der Waals surface area contributed by atoms with E-state index in [0.717, 1.165) is 38.2 Å². The van der Waals surface area contributed by atoms with Crippen LogP contribution >= 0.6 is 0 Å². The summed E-state index contributed by atoms with van der Waals surface area (Å²) in [6.07, 6.45) is 5.63. The predicted molar refractivity (Wildman–Crippen MR) is 74.7 cm³/mol. The molecular weight excluding hydrogens is 238 g/mol. The summed E-state index contributed by atoms with van der Waals surface area (Å²) in [5.41, 5.74) is 2.00. The summed E-state index contributed by atoms with van der Waals surface area (Å²) < 4.78 is 1.98. The third-order valence-corrected chi connectivity index (χ3v) is 5.00. The van der Waals surface area contributed by atoms with E-state index in [0.29, 0.717) is 5.92 Å². The second kappa shape index (κ2) is 4.91. The predicted octanol–water partition coefficient (Wildman–Crippen LogP) is 1.86. The van der Waals surface area contributed by atoms with Crippen molar-refractivity contribution >= 4 is 0 Å². The van der Waals surface area contributed by atoms with Crippen molar-refractivity contribution in [2.45, 2.75) is 51.2 Å².